The maximum absolute atomic E-state index is 11.6. The van der Waals surface area contributed by atoms with Gasteiger partial charge in [0.15, 0.2) is 0 Å². The largest absolute Gasteiger partial charge is 0.366 e. The first-order valence-electron chi connectivity index (χ1n) is 8.16. The SMILES string of the molecule is CCC(=O)NC1CCN(c2ccc3ncccc3c2[N+](=O)[O-])CC1. The van der Waals surface area contributed by atoms with Crippen LogP contribution in [0.2, 0.25) is 0 Å². The number of carbonyl (C=O) groups excluding carboxylic acids is 1. The van der Waals surface area contributed by atoms with Crippen LogP contribution in [0.1, 0.15) is 26.2 Å². The Morgan fingerprint density at radius 1 is 1.38 bits per heavy atom. The molecule has 7 nitrogen and oxygen atoms in total. The molecule has 7 heteroatoms. The molecule has 0 aliphatic carbocycles. The van der Waals surface area contributed by atoms with Crippen molar-refractivity contribution in [3.8, 4) is 0 Å². The first-order chi connectivity index (χ1) is 11.6. The number of nitrogens with one attached hydrogen (secondary N) is 1. The fourth-order valence-corrected chi connectivity index (χ4v) is 3.17. The Hall–Kier alpha value is -2.70. The van der Waals surface area contributed by atoms with Gasteiger partial charge in [0.25, 0.3) is 0 Å². The molecule has 0 saturated carbocycles. The molecular weight excluding hydrogens is 308 g/mol. The van der Waals surface area contributed by atoms with Gasteiger partial charge in [0.05, 0.1) is 15.8 Å². The van der Waals surface area contributed by atoms with Gasteiger partial charge in [0, 0.05) is 31.7 Å². The topological polar surface area (TPSA) is 88.4 Å². The first kappa shape index (κ1) is 16.2. The number of nitro groups is 1. The van der Waals surface area contributed by atoms with E-state index >= 15 is 0 Å². The van der Waals surface area contributed by atoms with Gasteiger partial charge in [-0.25, -0.2) is 0 Å². The van der Waals surface area contributed by atoms with Crippen LogP contribution in [0.15, 0.2) is 30.5 Å². The second-order valence-corrected chi connectivity index (χ2v) is 5.94. The van der Waals surface area contributed by atoms with Crippen LogP contribution >= 0.6 is 0 Å². The molecule has 2 aromatic rings. The van der Waals surface area contributed by atoms with E-state index in [9.17, 15) is 14.9 Å². The third-order valence-corrected chi connectivity index (χ3v) is 4.44. The number of benzene rings is 1. The normalized spacial score (nSPS) is 15.5. The number of fused-ring (bicyclic) bond motifs is 1. The zero-order valence-corrected chi connectivity index (χ0v) is 13.6. The number of nitro benzene ring substituents is 1. The summed E-state index contributed by atoms with van der Waals surface area (Å²) in [5.74, 6) is 0.0520. The molecule has 1 saturated heterocycles. The van der Waals surface area contributed by atoms with E-state index in [4.69, 9.17) is 0 Å². The van der Waals surface area contributed by atoms with Gasteiger partial charge in [-0.15, -0.1) is 0 Å². The van der Waals surface area contributed by atoms with Crippen LogP contribution in [0.25, 0.3) is 10.9 Å². The van der Waals surface area contributed by atoms with Crippen molar-refractivity contribution in [2.24, 2.45) is 0 Å². The third kappa shape index (κ3) is 3.15. The van der Waals surface area contributed by atoms with E-state index in [0.29, 0.717) is 36.1 Å². The van der Waals surface area contributed by atoms with Crippen LogP contribution in [-0.4, -0.2) is 34.9 Å². The molecule has 3 rings (SSSR count). The Morgan fingerprint density at radius 2 is 2.12 bits per heavy atom. The third-order valence-electron chi connectivity index (χ3n) is 4.44. The monoisotopic (exact) mass is 328 g/mol. The summed E-state index contributed by atoms with van der Waals surface area (Å²) in [6.45, 7) is 3.19. The highest BCUT2D eigenvalue weighted by Crippen LogP contribution is 2.36. The van der Waals surface area contributed by atoms with Crippen LogP contribution in [0.5, 0.6) is 0 Å². The first-order valence-corrected chi connectivity index (χ1v) is 8.16. The van der Waals surface area contributed by atoms with Crippen LogP contribution in [0.3, 0.4) is 0 Å². The van der Waals surface area contributed by atoms with Crippen LogP contribution in [0, 0.1) is 10.1 Å². The molecule has 0 atom stereocenters. The minimum atomic E-state index is -0.329. The zero-order chi connectivity index (χ0) is 17.1. The van der Waals surface area contributed by atoms with Crippen LogP contribution in [-0.2, 0) is 4.79 Å². The Bertz CT molecular complexity index is 770. The van der Waals surface area contributed by atoms with Crippen molar-refractivity contribution >= 4 is 28.2 Å². The zero-order valence-electron chi connectivity index (χ0n) is 13.6. The summed E-state index contributed by atoms with van der Waals surface area (Å²) in [6.07, 6.45) is 3.68. The fraction of sp³-hybridized carbons (Fsp3) is 0.412. The number of piperidine rings is 1. The van der Waals surface area contributed by atoms with Gasteiger partial charge in [-0.3, -0.25) is 19.9 Å². The summed E-state index contributed by atoms with van der Waals surface area (Å²) >= 11 is 0. The number of carbonyl (C=O) groups is 1. The summed E-state index contributed by atoms with van der Waals surface area (Å²) in [5, 5.41) is 15.2. The highest BCUT2D eigenvalue weighted by atomic mass is 16.6. The molecule has 1 aromatic carbocycles. The van der Waals surface area contributed by atoms with E-state index in [1.54, 1.807) is 24.4 Å². The number of pyridine rings is 1. The standard InChI is InChI=1S/C17H20N4O3/c1-2-16(22)19-12-7-10-20(11-8-12)15-6-5-14-13(4-3-9-18-14)17(15)21(23)24/h3-6,9,12H,2,7-8,10-11H2,1H3,(H,19,22). The van der Waals surface area contributed by atoms with Gasteiger partial charge >= 0.3 is 5.69 Å². The van der Waals surface area contributed by atoms with Gasteiger partial charge in [-0.2, -0.15) is 0 Å². The van der Waals surface area contributed by atoms with Gasteiger partial charge in [-0.05, 0) is 37.1 Å². The van der Waals surface area contributed by atoms with Gasteiger partial charge in [-0.1, -0.05) is 6.92 Å². The smallest absolute Gasteiger partial charge is 0.301 e. The average molecular weight is 328 g/mol. The number of rotatable bonds is 4. The van der Waals surface area contributed by atoms with E-state index in [-0.39, 0.29) is 22.6 Å². The molecule has 0 bridgehead atoms. The lowest BCUT2D eigenvalue weighted by molar-refractivity contribution is -0.382. The Balaban J connectivity index is 1.84. The molecule has 0 spiro atoms. The lowest BCUT2D eigenvalue weighted by atomic mass is 10.0. The summed E-state index contributed by atoms with van der Waals surface area (Å²) in [5.41, 5.74) is 1.36. The summed E-state index contributed by atoms with van der Waals surface area (Å²) in [7, 11) is 0. The molecule has 0 radical (unpaired) electrons. The fourth-order valence-electron chi connectivity index (χ4n) is 3.17. The quantitative estimate of drug-likeness (QED) is 0.688. The minimum absolute atomic E-state index is 0.0520. The number of hydrogen-bond donors (Lipinski definition) is 1. The van der Waals surface area contributed by atoms with Crippen LogP contribution < -0.4 is 10.2 Å². The van der Waals surface area contributed by atoms with Gasteiger partial charge in [0.1, 0.15) is 5.69 Å². The predicted molar refractivity (Wildman–Crippen MR) is 92.1 cm³/mol. The Labute approximate surface area is 139 Å². The van der Waals surface area contributed by atoms with Gasteiger partial charge in [0.2, 0.25) is 5.91 Å². The number of amides is 1. The van der Waals surface area contributed by atoms with E-state index in [1.807, 2.05) is 17.9 Å². The molecule has 1 N–H and O–H groups in total. The Morgan fingerprint density at radius 3 is 2.79 bits per heavy atom. The number of hydrogen-bond acceptors (Lipinski definition) is 5. The van der Waals surface area contributed by atoms with Crippen molar-refractivity contribution in [3.63, 3.8) is 0 Å². The molecule has 1 aliphatic rings. The second kappa shape index (κ2) is 6.82. The minimum Gasteiger partial charge on any atom is -0.366 e. The molecule has 1 amide bonds. The van der Waals surface area contributed by atoms with Crippen molar-refractivity contribution in [2.45, 2.75) is 32.2 Å². The molecule has 24 heavy (non-hydrogen) atoms. The van der Waals surface area contributed by atoms with Gasteiger partial charge < -0.3 is 10.2 Å². The van der Waals surface area contributed by atoms with Crippen molar-refractivity contribution in [1.82, 2.24) is 10.3 Å². The van der Waals surface area contributed by atoms with E-state index in [1.165, 1.54) is 0 Å². The highest BCUT2D eigenvalue weighted by molar-refractivity contribution is 5.94. The van der Waals surface area contributed by atoms with Crippen molar-refractivity contribution < 1.29 is 9.72 Å². The summed E-state index contributed by atoms with van der Waals surface area (Å²) < 4.78 is 0. The van der Waals surface area contributed by atoms with Crippen molar-refractivity contribution in [3.05, 3.63) is 40.6 Å². The molecule has 0 unspecified atom stereocenters. The molecule has 1 aromatic heterocycles. The second-order valence-electron chi connectivity index (χ2n) is 5.94. The lowest BCUT2D eigenvalue weighted by Crippen LogP contribution is -2.44. The Kier molecular flexibility index (Phi) is 4.59. The van der Waals surface area contributed by atoms with E-state index in [0.717, 1.165) is 12.8 Å². The summed E-state index contributed by atoms with van der Waals surface area (Å²) in [6, 6.07) is 7.19. The molecule has 1 fully saturated rings. The van der Waals surface area contributed by atoms with Crippen molar-refractivity contribution in [1.29, 1.82) is 0 Å². The maximum Gasteiger partial charge on any atom is 0.301 e. The van der Waals surface area contributed by atoms with E-state index in [2.05, 4.69) is 10.3 Å². The average Bonchev–Trinajstić information content (AvgIpc) is 2.61. The highest BCUT2D eigenvalue weighted by Gasteiger charge is 2.27. The van der Waals surface area contributed by atoms with E-state index < -0.39 is 0 Å². The van der Waals surface area contributed by atoms with Crippen molar-refractivity contribution in [2.75, 3.05) is 18.0 Å². The maximum atomic E-state index is 11.6. The molecule has 126 valence electrons. The molecule has 1 aliphatic heterocycles. The molecular formula is C17H20N4O3. The number of aromatic nitrogens is 1. The predicted octanol–water partition coefficient (Wildman–Crippen LogP) is 2.64. The lowest BCUT2D eigenvalue weighted by Gasteiger charge is -2.33. The molecule has 2 heterocycles. The number of anilines is 1. The number of nitrogens with zero attached hydrogens (tertiary/aromatic N) is 3. The summed E-state index contributed by atoms with van der Waals surface area (Å²) in [4.78, 5) is 29.0. The van der Waals surface area contributed by atoms with Crippen LogP contribution in [0.4, 0.5) is 11.4 Å².